The van der Waals surface area contributed by atoms with E-state index in [4.69, 9.17) is 11.6 Å². The van der Waals surface area contributed by atoms with Crippen LogP contribution in [0, 0.1) is 13.8 Å². The number of halogens is 1. The zero-order valence-electron chi connectivity index (χ0n) is 22.3. The minimum Gasteiger partial charge on any atom is -0.358 e. The van der Waals surface area contributed by atoms with Crippen molar-refractivity contribution in [3.05, 3.63) is 81.1 Å². The normalized spacial score (nSPS) is 20.3. The van der Waals surface area contributed by atoms with Crippen LogP contribution in [0.2, 0.25) is 5.02 Å². The Balaban J connectivity index is 1.48. The van der Waals surface area contributed by atoms with Gasteiger partial charge in [-0.05, 0) is 75.2 Å². The first-order valence-corrected chi connectivity index (χ1v) is 14.8. The average molecular weight is 567 g/mol. The molecule has 0 saturated carbocycles. The van der Waals surface area contributed by atoms with Crippen LogP contribution < -0.4 is 10.6 Å². The molecule has 10 heteroatoms. The van der Waals surface area contributed by atoms with E-state index in [2.05, 4.69) is 29.5 Å². The molecule has 39 heavy (non-hydrogen) atoms. The number of nitrogens with one attached hydrogen (secondary N) is 3. The van der Waals surface area contributed by atoms with Crippen LogP contribution in [0.5, 0.6) is 0 Å². The highest BCUT2D eigenvalue weighted by Crippen LogP contribution is 2.36. The first-order valence-electron chi connectivity index (χ1n) is 12.8. The number of benzene rings is 2. The molecule has 0 aliphatic carbocycles. The highest BCUT2D eigenvalue weighted by Gasteiger charge is 2.30. The Morgan fingerprint density at radius 3 is 2.51 bits per heavy atom. The Morgan fingerprint density at radius 1 is 1.10 bits per heavy atom. The molecule has 0 bridgehead atoms. The number of hydrogen-bond donors (Lipinski definition) is 3. The van der Waals surface area contributed by atoms with E-state index >= 15 is 0 Å². The third kappa shape index (κ3) is 5.39. The lowest BCUT2D eigenvalue weighted by molar-refractivity contribution is -0.110. The van der Waals surface area contributed by atoms with Crippen molar-refractivity contribution < 1.29 is 18.0 Å². The maximum absolute atomic E-state index is 13.5. The van der Waals surface area contributed by atoms with E-state index in [9.17, 15) is 18.0 Å². The SMILES string of the molecule is Cc1[nH]c(/C=C2\C(=O)Nc3ccc(S(=O)(=O)Cc4cccc(Cl)c4)cc32)c(C)c1C(=O)N1C[C@@H](C)N[C@@H](C)C1. The van der Waals surface area contributed by atoms with Gasteiger partial charge in [-0.3, -0.25) is 9.59 Å². The number of aromatic amines is 1. The topological polar surface area (TPSA) is 111 Å². The van der Waals surface area contributed by atoms with Gasteiger partial charge in [0.25, 0.3) is 11.8 Å². The van der Waals surface area contributed by atoms with Crippen LogP contribution in [0.1, 0.15) is 52.3 Å². The molecule has 3 N–H and O–H groups in total. The Labute approximate surface area is 233 Å². The number of aromatic nitrogens is 1. The summed E-state index contributed by atoms with van der Waals surface area (Å²) in [5, 5.41) is 6.72. The van der Waals surface area contributed by atoms with Crippen LogP contribution >= 0.6 is 11.6 Å². The number of piperazine rings is 1. The van der Waals surface area contributed by atoms with Gasteiger partial charge in [0.1, 0.15) is 0 Å². The molecule has 3 aromatic rings. The molecule has 1 saturated heterocycles. The Bertz CT molecular complexity index is 1620. The van der Waals surface area contributed by atoms with Crippen LogP contribution in [0.3, 0.4) is 0 Å². The molecular formula is C29H31ClN4O4S. The van der Waals surface area contributed by atoms with Gasteiger partial charge < -0.3 is 20.5 Å². The smallest absolute Gasteiger partial charge is 0.256 e. The molecule has 2 aromatic carbocycles. The summed E-state index contributed by atoms with van der Waals surface area (Å²) in [6, 6.07) is 11.8. The van der Waals surface area contributed by atoms with Crippen LogP contribution in [0.25, 0.3) is 11.6 Å². The third-order valence-electron chi connectivity index (χ3n) is 7.20. The zero-order valence-corrected chi connectivity index (χ0v) is 23.8. The summed E-state index contributed by atoms with van der Waals surface area (Å²) in [5.41, 5.74) is 4.64. The first-order chi connectivity index (χ1) is 18.4. The number of carbonyl (C=O) groups excluding carboxylic acids is 2. The van der Waals surface area contributed by atoms with Gasteiger partial charge in [-0.15, -0.1) is 0 Å². The van der Waals surface area contributed by atoms with Crippen LogP contribution in [-0.2, 0) is 20.4 Å². The minimum atomic E-state index is -3.70. The largest absolute Gasteiger partial charge is 0.358 e. The predicted octanol–water partition coefficient (Wildman–Crippen LogP) is 4.57. The van der Waals surface area contributed by atoms with Gasteiger partial charge >= 0.3 is 0 Å². The zero-order chi connectivity index (χ0) is 28.1. The van der Waals surface area contributed by atoms with Gasteiger partial charge in [0.2, 0.25) is 0 Å². The number of carbonyl (C=O) groups is 2. The fraction of sp³-hybridized carbons (Fsp3) is 0.310. The molecule has 0 unspecified atom stereocenters. The molecule has 2 atom stereocenters. The Hall–Kier alpha value is -3.40. The van der Waals surface area contributed by atoms with E-state index in [0.717, 1.165) is 11.3 Å². The highest BCUT2D eigenvalue weighted by atomic mass is 35.5. The maximum Gasteiger partial charge on any atom is 0.256 e. The molecule has 0 radical (unpaired) electrons. The first kappa shape index (κ1) is 27.2. The number of anilines is 1. The van der Waals surface area contributed by atoms with E-state index in [1.807, 2.05) is 18.7 Å². The molecule has 5 rings (SSSR count). The van der Waals surface area contributed by atoms with E-state index in [1.165, 1.54) is 12.1 Å². The lowest BCUT2D eigenvalue weighted by Crippen LogP contribution is -2.55. The fourth-order valence-corrected chi connectivity index (χ4v) is 7.04. The number of rotatable bonds is 5. The quantitative estimate of drug-likeness (QED) is 0.392. The van der Waals surface area contributed by atoms with Crippen molar-refractivity contribution >= 4 is 50.6 Å². The van der Waals surface area contributed by atoms with Crippen LogP contribution in [-0.4, -0.2) is 55.3 Å². The lowest BCUT2D eigenvalue weighted by atomic mass is 10.0. The van der Waals surface area contributed by atoms with Gasteiger partial charge in [0, 0.05) is 52.8 Å². The maximum atomic E-state index is 13.5. The number of nitrogens with zero attached hydrogens (tertiary/aromatic N) is 1. The summed E-state index contributed by atoms with van der Waals surface area (Å²) in [4.78, 5) is 31.7. The van der Waals surface area contributed by atoms with Crippen LogP contribution in [0.4, 0.5) is 5.69 Å². The standard InChI is InChI=1S/C29H31ClN4O4S/c1-16-13-34(14-17(2)31-16)29(36)27-18(3)26(32-19(27)4)12-24-23-11-22(8-9-25(23)33-28(24)35)39(37,38)15-20-6-5-7-21(30)10-20/h5-12,16-17,31-32H,13-15H2,1-4H3,(H,33,35)/b24-12-/t16-,17+. The number of hydrogen-bond acceptors (Lipinski definition) is 5. The second kappa shape index (κ2) is 10.3. The summed E-state index contributed by atoms with van der Waals surface area (Å²) >= 11 is 6.03. The molecule has 2 aliphatic heterocycles. The van der Waals surface area contributed by atoms with Crippen molar-refractivity contribution in [1.82, 2.24) is 15.2 Å². The lowest BCUT2D eigenvalue weighted by Gasteiger charge is -2.36. The van der Waals surface area contributed by atoms with Crippen molar-refractivity contribution in [1.29, 1.82) is 0 Å². The van der Waals surface area contributed by atoms with Crippen molar-refractivity contribution in [2.45, 2.75) is 50.4 Å². The summed E-state index contributed by atoms with van der Waals surface area (Å²) < 4.78 is 26.4. The second-order valence-corrected chi connectivity index (χ2v) is 12.9. The summed E-state index contributed by atoms with van der Waals surface area (Å²) in [5.74, 6) is -0.591. The van der Waals surface area contributed by atoms with Crippen molar-refractivity contribution in [2.75, 3.05) is 18.4 Å². The molecule has 2 amide bonds. The molecule has 2 aliphatic rings. The van der Waals surface area contributed by atoms with Gasteiger partial charge in [-0.2, -0.15) is 0 Å². The summed E-state index contributed by atoms with van der Waals surface area (Å²) in [7, 11) is -3.70. The molecule has 1 aromatic heterocycles. The fourth-order valence-electron chi connectivity index (χ4n) is 5.47. The van der Waals surface area contributed by atoms with Gasteiger partial charge in [0.05, 0.1) is 21.8 Å². The predicted molar refractivity (Wildman–Crippen MR) is 154 cm³/mol. The molecule has 0 spiro atoms. The number of sulfone groups is 1. The van der Waals surface area contributed by atoms with Crippen molar-refractivity contribution in [2.24, 2.45) is 0 Å². The Kier molecular flexibility index (Phi) is 7.17. The number of aryl methyl sites for hydroxylation is 1. The van der Waals surface area contributed by atoms with E-state index < -0.39 is 9.84 Å². The number of H-pyrrole nitrogens is 1. The van der Waals surface area contributed by atoms with Gasteiger partial charge in [-0.25, -0.2) is 8.42 Å². The monoisotopic (exact) mass is 566 g/mol. The van der Waals surface area contributed by atoms with Gasteiger partial charge in [-0.1, -0.05) is 23.7 Å². The number of amides is 2. The third-order valence-corrected chi connectivity index (χ3v) is 9.12. The van der Waals surface area contributed by atoms with E-state index in [-0.39, 0.29) is 34.5 Å². The molecule has 3 heterocycles. The summed E-state index contributed by atoms with van der Waals surface area (Å²) in [6.45, 7) is 9.06. The van der Waals surface area contributed by atoms with E-state index in [1.54, 1.807) is 36.4 Å². The molecule has 8 nitrogen and oxygen atoms in total. The second-order valence-electron chi connectivity index (χ2n) is 10.5. The van der Waals surface area contributed by atoms with Crippen LogP contribution in [0.15, 0.2) is 47.4 Å². The molecule has 1 fully saturated rings. The van der Waals surface area contributed by atoms with Gasteiger partial charge in [0.15, 0.2) is 9.84 Å². The molecular weight excluding hydrogens is 536 g/mol. The minimum absolute atomic E-state index is 0.0447. The van der Waals surface area contributed by atoms with Crippen molar-refractivity contribution in [3.8, 4) is 0 Å². The molecule has 204 valence electrons. The Morgan fingerprint density at radius 2 is 1.82 bits per heavy atom. The van der Waals surface area contributed by atoms with Crippen molar-refractivity contribution in [3.63, 3.8) is 0 Å². The summed E-state index contributed by atoms with van der Waals surface area (Å²) in [6.07, 6.45) is 1.69. The van der Waals surface area contributed by atoms with E-state index in [0.29, 0.717) is 51.8 Å². The number of fused-ring (bicyclic) bond motifs is 1. The average Bonchev–Trinajstić information content (AvgIpc) is 3.31. The highest BCUT2D eigenvalue weighted by molar-refractivity contribution is 7.90.